The Balaban J connectivity index is 1.94. The highest BCUT2D eigenvalue weighted by molar-refractivity contribution is 9.10. The largest absolute Gasteiger partial charge is 0.376 e. The summed E-state index contributed by atoms with van der Waals surface area (Å²) in [5.41, 5.74) is 2.09. The van der Waals surface area contributed by atoms with E-state index >= 15 is 0 Å². The molecular weight excluding hydrogens is 332 g/mol. The van der Waals surface area contributed by atoms with Gasteiger partial charge in [-0.1, -0.05) is 12.1 Å². The highest BCUT2D eigenvalue weighted by Gasteiger charge is 2.10. The minimum Gasteiger partial charge on any atom is -0.376 e. The fourth-order valence-electron chi connectivity index (χ4n) is 2.24. The summed E-state index contributed by atoms with van der Waals surface area (Å²) in [6.07, 6.45) is 1.84. The molecular formula is C16H15BrN2S. The van der Waals surface area contributed by atoms with Gasteiger partial charge in [0.15, 0.2) is 0 Å². The topological polar surface area (TPSA) is 24.9 Å². The molecule has 0 fully saturated rings. The van der Waals surface area contributed by atoms with Crippen molar-refractivity contribution in [2.45, 2.75) is 19.9 Å². The second kappa shape index (κ2) is 5.54. The lowest BCUT2D eigenvalue weighted by atomic mass is 10.1. The van der Waals surface area contributed by atoms with E-state index in [4.69, 9.17) is 0 Å². The summed E-state index contributed by atoms with van der Waals surface area (Å²) in [6.45, 7) is 4.32. The zero-order valence-corrected chi connectivity index (χ0v) is 13.8. The van der Waals surface area contributed by atoms with Crippen LogP contribution in [0, 0.1) is 6.92 Å². The summed E-state index contributed by atoms with van der Waals surface area (Å²) in [5.74, 6) is 0. The molecule has 4 heteroatoms. The number of fused-ring (bicyclic) bond motifs is 1. The van der Waals surface area contributed by atoms with Crippen molar-refractivity contribution < 1.29 is 0 Å². The van der Waals surface area contributed by atoms with Crippen molar-refractivity contribution in [2.75, 3.05) is 5.32 Å². The molecule has 2 aromatic heterocycles. The van der Waals surface area contributed by atoms with Crippen LogP contribution in [0.2, 0.25) is 0 Å². The van der Waals surface area contributed by atoms with Gasteiger partial charge in [0.25, 0.3) is 0 Å². The van der Waals surface area contributed by atoms with E-state index in [0.29, 0.717) is 0 Å². The molecule has 1 unspecified atom stereocenters. The molecule has 1 aromatic carbocycles. The van der Waals surface area contributed by atoms with Gasteiger partial charge in [0.1, 0.15) is 0 Å². The molecule has 102 valence electrons. The molecule has 3 rings (SSSR count). The standard InChI is InChI=1S/C16H15BrN2S/c1-10-6-7-15(20-10)11(2)19-14-5-3-4-12-8-13(17)9-18-16(12)14/h3-9,11,19H,1-2H3. The van der Waals surface area contributed by atoms with E-state index in [2.05, 4.69) is 76.5 Å². The van der Waals surface area contributed by atoms with Gasteiger partial charge in [0.2, 0.25) is 0 Å². The van der Waals surface area contributed by atoms with Gasteiger partial charge in [-0.05, 0) is 54.0 Å². The van der Waals surface area contributed by atoms with Crippen LogP contribution in [0.25, 0.3) is 10.9 Å². The number of rotatable bonds is 3. The summed E-state index contributed by atoms with van der Waals surface area (Å²) < 4.78 is 1.00. The van der Waals surface area contributed by atoms with Gasteiger partial charge in [-0.15, -0.1) is 11.3 Å². The Kier molecular flexibility index (Phi) is 3.76. The van der Waals surface area contributed by atoms with E-state index in [1.807, 2.05) is 17.5 Å². The van der Waals surface area contributed by atoms with Crippen LogP contribution < -0.4 is 5.32 Å². The lowest BCUT2D eigenvalue weighted by Gasteiger charge is -2.15. The number of aryl methyl sites for hydroxylation is 1. The molecule has 0 aliphatic carbocycles. The number of nitrogens with zero attached hydrogens (tertiary/aromatic N) is 1. The van der Waals surface area contributed by atoms with Crippen molar-refractivity contribution in [1.29, 1.82) is 0 Å². The van der Waals surface area contributed by atoms with Crippen LogP contribution in [0.15, 0.2) is 47.1 Å². The fraction of sp³-hybridized carbons (Fsp3) is 0.188. The maximum atomic E-state index is 4.53. The Labute approximate surface area is 131 Å². The number of pyridine rings is 1. The zero-order valence-electron chi connectivity index (χ0n) is 11.4. The zero-order chi connectivity index (χ0) is 14.1. The first-order valence-corrected chi connectivity index (χ1v) is 8.11. The second-order valence-electron chi connectivity index (χ2n) is 4.85. The molecule has 0 spiro atoms. The van der Waals surface area contributed by atoms with E-state index in [-0.39, 0.29) is 6.04 Å². The SMILES string of the molecule is Cc1ccc(C(C)Nc2cccc3cc(Br)cnc23)s1. The van der Waals surface area contributed by atoms with E-state index in [1.54, 1.807) is 0 Å². The van der Waals surface area contributed by atoms with E-state index < -0.39 is 0 Å². The summed E-state index contributed by atoms with van der Waals surface area (Å²) in [5, 5.41) is 4.70. The average Bonchev–Trinajstić information content (AvgIpc) is 2.85. The van der Waals surface area contributed by atoms with Crippen LogP contribution in [0.5, 0.6) is 0 Å². The number of hydrogen-bond donors (Lipinski definition) is 1. The van der Waals surface area contributed by atoms with Crippen LogP contribution in [-0.2, 0) is 0 Å². The van der Waals surface area contributed by atoms with Gasteiger partial charge >= 0.3 is 0 Å². The molecule has 3 aromatic rings. The predicted molar refractivity (Wildman–Crippen MR) is 90.5 cm³/mol. The van der Waals surface area contributed by atoms with Gasteiger partial charge in [-0.2, -0.15) is 0 Å². The Morgan fingerprint density at radius 2 is 2.10 bits per heavy atom. The number of halogens is 1. The molecule has 0 saturated heterocycles. The van der Waals surface area contributed by atoms with Crippen molar-refractivity contribution in [3.63, 3.8) is 0 Å². The first kappa shape index (κ1) is 13.6. The molecule has 2 nitrogen and oxygen atoms in total. The quantitative estimate of drug-likeness (QED) is 0.673. The lowest BCUT2D eigenvalue weighted by Crippen LogP contribution is -2.05. The minimum atomic E-state index is 0.282. The van der Waals surface area contributed by atoms with E-state index in [9.17, 15) is 0 Å². The first-order chi connectivity index (χ1) is 9.63. The average molecular weight is 347 g/mol. The molecule has 0 radical (unpaired) electrons. The number of para-hydroxylation sites is 1. The molecule has 0 aliphatic heterocycles. The monoisotopic (exact) mass is 346 g/mol. The third kappa shape index (κ3) is 2.72. The third-order valence-corrected chi connectivity index (χ3v) is 4.85. The Morgan fingerprint density at radius 3 is 2.85 bits per heavy atom. The minimum absolute atomic E-state index is 0.282. The van der Waals surface area contributed by atoms with Crippen molar-refractivity contribution in [3.8, 4) is 0 Å². The molecule has 20 heavy (non-hydrogen) atoms. The number of anilines is 1. The summed E-state index contributed by atoms with van der Waals surface area (Å²) in [7, 11) is 0. The number of thiophene rings is 1. The number of benzene rings is 1. The molecule has 0 aliphatic rings. The van der Waals surface area contributed by atoms with Crippen LogP contribution in [0.4, 0.5) is 5.69 Å². The third-order valence-electron chi connectivity index (χ3n) is 3.24. The fourth-order valence-corrected chi connectivity index (χ4v) is 3.47. The molecule has 2 heterocycles. The summed E-state index contributed by atoms with van der Waals surface area (Å²) >= 11 is 5.30. The van der Waals surface area contributed by atoms with Crippen molar-refractivity contribution in [1.82, 2.24) is 4.98 Å². The summed E-state index contributed by atoms with van der Waals surface area (Å²) in [4.78, 5) is 7.21. The predicted octanol–water partition coefficient (Wildman–Crippen LogP) is 5.54. The van der Waals surface area contributed by atoms with Gasteiger partial charge in [-0.25, -0.2) is 0 Å². The summed E-state index contributed by atoms with van der Waals surface area (Å²) in [6, 6.07) is 12.9. The highest BCUT2D eigenvalue weighted by Crippen LogP contribution is 2.29. The number of hydrogen-bond acceptors (Lipinski definition) is 3. The number of nitrogens with one attached hydrogen (secondary N) is 1. The van der Waals surface area contributed by atoms with Crippen LogP contribution in [0.3, 0.4) is 0 Å². The van der Waals surface area contributed by atoms with Gasteiger partial charge in [-0.3, -0.25) is 4.98 Å². The second-order valence-corrected chi connectivity index (χ2v) is 7.08. The van der Waals surface area contributed by atoms with Crippen LogP contribution in [0.1, 0.15) is 22.7 Å². The smallest absolute Gasteiger partial charge is 0.0934 e. The maximum Gasteiger partial charge on any atom is 0.0934 e. The van der Waals surface area contributed by atoms with Gasteiger partial charge in [0.05, 0.1) is 17.2 Å². The van der Waals surface area contributed by atoms with Crippen LogP contribution >= 0.6 is 27.3 Å². The lowest BCUT2D eigenvalue weighted by molar-refractivity contribution is 0.909. The van der Waals surface area contributed by atoms with Gasteiger partial charge in [0, 0.05) is 25.8 Å². The number of aromatic nitrogens is 1. The molecule has 0 amide bonds. The highest BCUT2D eigenvalue weighted by atomic mass is 79.9. The molecule has 1 N–H and O–H groups in total. The molecule has 0 bridgehead atoms. The van der Waals surface area contributed by atoms with E-state index in [0.717, 1.165) is 21.1 Å². The normalized spacial score (nSPS) is 12.6. The van der Waals surface area contributed by atoms with E-state index in [1.165, 1.54) is 9.75 Å². The van der Waals surface area contributed by atoms with Crippen molar-refractivity contribution >= 4 is 43.9 Å². The Hall–Kier alpha value is -1.39. The molecule has 1 atom stereocenters. The first-order valence-electron chi connectivity index (χ1n) is 6.50. The molecule has 0 saturated carbocycles. The Bertz CT molecular complexity index is 751. The van der Waals surface area contributed by atoms with Crippen molar-refractivity contribution in [3.05, 3.63) is 56.8 Å². The van der Waals surface area contributed by atoms with Crippen molar-refractivity contribution in [2.24, 2.45) is 0 Å². The van der Waals surface area contributed by atoms with Gasteiger partial charge < -0.3 is 5.32 Å². The Morgan fingerprint density at radius 1 is 1.25 bits per heavy atom. The van der Waals surface area contributed by atoms with Crippen LogP contribution in [-0.4, -0.2) is 4.98 Å². The maximum absolute atomic E-state index is 4.53.